The van der Waals surface area contributed by atoms with E-state index in [-0.39, 0.29) is 24.2 Å². The Kier molecular flexibility index (Phi) is 10.4. The monoisotopic (exact) mass is 246 g/mol. The van der Waals surface area contributed by atoms with E-state index in [9.17, 15) is 4.79 Å². The first-order valence-electron chi connectivity index (χ1n) is 5.34. The van der Waals surface area contributed by atoms with Crippen LogP contribution in [0.5, 0.6) is 0 Å². The van der Waals surface area contributed by atoms with Crippen LogP contribution in [0, 0.1) is 5.92 Å². The lowest BCUT2D eigenvalue weighted by Gasteiger charge is -2.26. The summed E-state index contributed by atoms with van der Waals surface area (Å²) in [6.07, 6.45) is 4.30. The zero-order valence-electron chi connectivity index (χ0n) is 10.2. The van der Waals surface area contributed by atoms with E-state index < -0.39 is 6.04 Å². The van der Waals surface area contributed by atoms with Gasteiger partial charge < -0.3 is 10.6 Å². The van der Waals surface area contributed by atoms with Crippen LogP contribution in [-0.4, -0.2) is 29.9 Å². The Morgan fingerprint density at radius 3 is 2.12 bits per heavy atom. The molecule has 0 aromatic carbocycles. The van der Waals surface area contributed by atoms with E-state index in [0.29, 0.717) is 13.1 Å². The number of carbonyl (C=O) groups is 1. The van der Waals surface area contributed by atoms with Crippen molar-refractivity contribution in [1.82, 2.24) is 4.90 Å². The lowest BCUT2D eigenvalue weighted by atomic mass is 9.99. The minimum absolute atomic E-state index is 0. The van der Waals surface area contributed by atoms with Gasteiger partial charge in [-0.05, 0) is 5.92 Å². The smallest absolute Gasteiger partial charge is 0.240 e. The summed E-state index contributed by atoms with van der Waals surface area (Å²) >= 11 is 0. The lowest BCUT2D eigenvalue weighted by molar-refractivity contribution is -0.132. The summed E-state index contributed by atoms with van der Waals surface area (Å²) in [5, 5.41) is 0. The fraction of sp³-hybridized carbons (Fsp3) is 0.583. The molecule has 0 aliphatic rings. The average molecular weight is 247 g/mol. The molecule has 0 fully saturated rings. The molecule has 0 saturated heterocycles. The standard InChI is InChI=1S/C12H22N2O.ClH/c1-5-8-14(9-6-2)12(15)11(13)10(4)7-3;/h5-6,10-11H,1-2,7-9,13H2,3-4H3;1H. The molecule has 0 heterocycles. The van der Waals surface area contributed by atoms with Crippen LogP contribution in [-0.2, 0) is 4.79 Å². The van der Waals surface area contributed by atoms with Gasteiger partial charge in [0.15, 0.2) is 0 Å². The second-order valence-corrected chi connectivity index (χ2v) is 3.73. The van der Waals surface area contributed by atoms with Crippen LogP contribution in [0.15, 0.2) is 25.3 Å². The van der Waals surface area contributed by atoms with Gasteiger partial charge in [0.1, 0.15) is 0 Å². The Labute approximate surface area is 105 Å². The van der Waals surface area contributed by atoms with Crippen molar-refractivity contribution < 1.29 is 4.79 Å². The third kappa shape index (κ3) is 5.33. The predicted octanol–water partition coefficient (Wildman–Crippen LogP) is 1.98. The van der Waals surface area contributed by atoms with E-state index in [1.807, 2.05) is 13.8 Å². The number of nitrogens with zero attached hydrogens (tertiary/aromatic N) is 1. The maximum Gasteiger partial charge on any atom is 0.240 e. The van der Waals surface area contributed by atoms with Crippen LogP contribution in [0.1, 0.15) is 20.3 Å². The van der Waals surface area contributed by atoms with Crippen molar-refractivity contribution in [3.05, 3.63) is 25.3 Å². The number of hydrogen-bond acceptors (Lipinski definition) is 2. The third-order valence-electron chi connectivity index (χ3n) is 2.55. The maximum absolute atomic E-state index is 11.9. The normalized spacial score (nSPS) is 13.2. The van der Waals surface area contributed by atoms with Crippen molar-refractivity contribution >= 4 is 18.3 Å². The molecule has 0 saturated carbocycles. The molecule has 0 aromatic rings. The van der Waals surface area contributed by atoms with E-state index in [4.69, 9.17) is 5.73 Å². The molecule has 1 amide bonds. The van der Waals surface area contributed by atoms with Gasteiger partial charge in [0.25, 0.3) is 0 Å². The van der Waals surface area contributed by atoms with Crippen molar-refractivity contribution in [3.8, 4) is 0 Å². The van der Waals surface area contributed by atoms with Crippen molar-refractivity contribution in [2.24, 2.45) is 11.7 Å². The maximum atomic E-state index is 11.9. The quantitative estimate of drug-likeness (QED) is 0.699. The molecule has 0 bridgehead atoms. The molecular weight excluding hydrogens is 224 g/mol. The Hall–Kier alpha value is -0.800. The molecular formula is C12H23ClN2O. The highest BCUT2D eigenvalue weighted by Crippen LogP contribution is 2.08. The van der Waals surface area contributed by atoms with Gasteiger partial charge in [0.2, 0.25) is 5.91 Å². The molecule has 0 radical (unpaired) electrons. The SMILES string of the molecule is C=CCN(CC=C)C(=O)C(N)C(C)CC.Cl. The minimum Gasteiger partial charge on any atom is -0.334 e. The highest BCUT2D eigenvalue weighted by atomic mass is 35.5. The van der Waals surface area contributed by atoms with Gasteiger partial charge in [0.05, 0.1) is 6.04 Å². The van der Waals surface area contributed by atoms with Gasteiger partial charge >= 0.3 is 0 Å². The summed E-state index contributed by atoms with van der Waals surface area (Å²) in [5.41, 5.74) is 5.87. The van der Waals surface area contributed by atoms with Crippen LogP contribution in [0.3, 0.4) is 0 Å². The van der Waals surface area contributed by atoms with Crippen LogP contribution in [0.4, 0.5) is 0 Å². The molecule has 2 atom stereocenters. The van der Waals surface area contributed by atoms with Crippen molar-refractivity contribution in [2.75, 3.05) is 13.1 Å². The molecule has 0 aromatic heterocycles. The van der Waals surface area contributed by atoms with Gasteiger partial charge in [-0.15, -0.1) is 25.6 Å². The first kappa shape index (κ1) is 17.6. The van der Waals surface area contributed by atoms with Gasteiger partial charge in [-0.1, -0.05) is 32.4 Å². The molecule has 4 heteroatoms. The molecule has 0 aliphatic heterocycles. The zero-order chi connectivity index (χ0) is 11.8. The molecule has 2 unspecified atom stereocenters. The average Bonchev–Trinajstić information content (AvgIpc) is 2.25. The van der Waals surface area contributed by atoms with Gasteiger partial charge in [-0.25, -0.2) is 0 Å². The van der Waals surface area contributed by atoms with Crippen LogP contribution < -0.4 is 5.73 Å². The number of amides is 1. The summed E-state index contributed by atoms with van der Waals surface area (Å²) in [5.74, 6) is 0.179. The molecule has 94 valence electrons. The summed E-state index contributed by atoms with van der Waals surface area (Å²) in [4.78, 5) is 13.6. The number of halogens is 1. The van der Waals surface area contributed by atoms with Gasteiger partial charge in [-0.2, -0.15) is 0 Å². The highest BCUT2D eigenvalue weighted by molar-refractivity contribution is 5.85. The van der Waals surface area contributed by atoms with Crippen molar-refractivity contribution in [3.63, 3.8) is 0 Å². The second kappa shape index (κ2) is 9.43. The Balaban J connectivity index is 0. The topological polar surface area (TPSA) is 46.3 Å². The first-order chi connectivity index (χ1) is 7.08. The van der Waals surface area contributed by atoms with Crippen molar-refractivity contribution in [2.45, 2.75) is 26.3 Å². The summed E-state index contributed by atoms with van der Waals surface area (Å²) in [6, 6.07) is -0.421. The second-order valence-electron chi connectivity index (χ2n) is 3.73. The van der Waals surface area contributed by atoms with E-state index in [2.05, 4.69) is 13.2 Å². The third-order valence-corrected chi connectivity index (χ3v) is 2.55. The van der Waals surface area contributed by atoms with Gasteiger partial charge in [-0.3, -0.25) is 4.79 Å². The summed E-state index contributed by atoms with van der Waals surface area (Å²) < 4.78 is 0. The first-order valence-corrected chi connectivity index (χ1v) is 5.34. The number of nitrogens with two attached hydrogens (primary N) is 1. The summed E-state index contributed by atoms with van der Waals surface area (Å²) in [6.45, 7) is 12.3. The molecule has 3 nitrogen and oxygen atoms in total. The molecule has 0 aliphatic carbocycles. The fourth-order valence-electron chi connectivity index (χ4n) is 1.27. The number of rotatable bonds is 7. The Bertz CT molecular complexity index is 221. The van der Waals surface area contributed by atoms with E-state index in [1.54, 1.807) is 17.1 Å². The molecule has 2 N–H and O–H groups in total. The molecule has 0 spiro atoms. The zero-order valence-corrected chi connectivity index (χ0v) is 11.0. The van der Waals surface area contributed by atoms with Gasteiger partial charge in [0, 0.05) is 13.1 Å². The number of hydrogen-bond donors (Lipinski definition) is 1. The Morgan fingerprint density at radius 1 is 1.38 bits per heavy atom. The lowest BCUT2D eigenvalue weighted by Crippen LogP contribution is -2.47. The van der Waals surface area contributed by atoms with Crippen molar-refractivity contribution in [1.29, 1.82) is 0 Å². The molecule has 0 rings (SSSR count). The van der Waals surface area contributed by atoms with Crippen LogP contribution in [0.25, 0.3) is 0 Å². The summed E-state index contributed by atoms with van der Waals surface area (Å²) in [7, 11) is 0. The Morgan fingerprint density at radius 2 is 1.81 bits per heavy atom. The van der Waals surface area contributed by atoms with E-state index in [0.717, 1.165) is 6.42 Å². The fourth-order valence-corrected chi connectivity index (χ4v) is 1.27. The largest absolute Gasteiger partial charge is 0.334 e. The highest BCUT2D eigenvalue weighted by Gasteiger charge is 2.23. The van der Waals surface area contributed by atoms with E-state index >= 15 is 0 Å². The minimum atomic E-state index is -0.421. The van der Waals surface area contributed by atoms with E-state index in [1.165, 1.54) is 0 Å². The predicted molar refractivity (Wildman–Crippen MR) is 71.7 cm³/mol. The number of carbonyl (C=O) groups excluding carboxylic acids is 1. The van der Waals surface area contributed by atoms with Crippen LogP contribution >= 0.6 is 12.4 Å². The van der Waals surface area contributed by atoms with Crippen LogP contribution in [0.2, 0.25) is 0 Å². The molecule has 16 heavy (non-hydrogen) atoms.